The molecule has 1 aromatic heterocycles. The summed E-state index contributed by atoms with van der Waals surface area (Å²) in [6, 6.07) is 11.4. The first kappa shape index (κ1) is 13.5. The van der Waals surface area contributed by atoms with Gasteiger partial charge in [-0.25, -0.2) is 9.97 Å². The summed E-state index contributed by atoms with van der Waals surface area (Å²) in [5.74, 6) is 0.717. The largest absolute Gasteiger partial charge is 0.491 e. The smallest absolute Gasteiger partial charge is 0.255 e. The van der Waals surface area contributed by atoms with Gasteiger partial charge in [-0.2, -0.15) is 0 Å². The number of aromatic nitrogens is 2. The van der Waals surface area contributed by atoms with Crippen LogP contribution in [-0.2, 0) is 0 Å². The average molecular weight is 306 g/mol. The van der Waals surface area contributed by atoms with Crippen LogP contribution < -0.4 is 15.8 Å². The first-order valence-corrected chi connectivity index (χ1v) is 7.29. The van der Waals surface area contributed by atoms with Crippen molar-refractivity contribution in [2.45, 2.75) is 0 Å². The number of rotatable bonds is 1. The van der Waals surface area contributed by atoms with Gasteiger partial charge in [0.15, 0.2) is 0 Å². The highest BCUT2D eigenvalue weighted by molar-refractivity contribution is 6.00. The van der Waals surface area contributed by atoms with E-state index in [-0.39, 0.29) is 11.9 Å². The van der Waals surface area contributed by atoms with Gasteiger partial charge in [-0.15, -0.1) is 0 Å². The third kappa shape index (κ3) is 2.34. The highest BCUT2D eigenvalue weighted by Crippen LogP contribution is 2.31. The zero-order valence-corrected chi connectivity index (χ0v) is 12.2. The Balaban J connectivity index is 1.90. The van der Waals surface area contributed by atoms with Crippen molar-refractivity contribution >= 4 is 22.8 Å². The van der Waals surface area contributed by atoms with E-state index in [1.54, 1.807) is 6.20 Å². The Kier molecular flexibility index (Phi) is 3.08. The number of carbonyl (C=O) groups excluding carboxylic acids is 1. The van der Waals surface area contributed by atoms with E-state index in [0.29, 0.717) is 24.5 Å². The molecule has 0 spiro atoms. The lowest BCUT2D eigenvalue weighted by Crippen LogP contribution is -2.24. The molecule has 1 aliphatic heterocycles. The minimum Gasteiger partial charge on any atom is -0.491 e. The van der Waals surface area contributed by atoms with Gasteiger partial charge in [0.1, 0.15) is 12.4 Å². The molecular weight excluding hydrogens is 292 g/mol. The van der Waals surface area contributed by atoms with Crippen LogP contribution in [0.3, 0.4) is 0 Å². The second-order valence-electron chi connectivity index (χ2n) is 5.28. The van der Waals surface area contributed by atoms with Crippen LogP contribution in [0.2, 0.25) is 0 Å². The highest BCUT2D eigenvalue weighted by atomic mass is 16.5. The Bertz CT molecular complexity index is 924. The van der Waals surface area contributed by atoms with Gasteiger partial charge < -0.3 is 15.8 Å². The summed E-state index contributed by atoms with van der Waals surface area (Å²) >= 11 is 0. The standard InChI is InChI=1S/C17H14N4O2/c18-17-20-9-13-11(2-1-3-14(13)21-17)10-4-5-15-12(8-10)16(22)19-6-7-23-15/h1-5,8-9H,6-7H2,(H,19,22)(H2,18,20,21). The first-order valence-electron chi connectivity index (χ1n) is 7.29. The van der Waals surface area contributed by atoms with Gasteiger partial charge in [0.05, 0.1) is 17.6 Å². The third-order valence-corrected chi connectivity index (χ3v) is 3.82. The summed E-state index contributed by atoms with van der Waals surface area (Å²) in [5, 5.41) is 3.70. The Morgan fingerprint density at radius 1 is 1.17 bits per heavy atom. The zero-order chi connectivity index (χ0) is 15.8. The maximum Gasteiger partial charge on any atom is 0.255 e. The third-order valence-electron chi connectivity index (χ3n) is 3.82. The van der Waals surface area contributed by atoms with E-state index >= 15 is 0 Å². The molecule has 0 atom stereocenters. The number of carbonyl (C=O) groups is 1. The fraction of sp³-hybridized carbons (Fsp3) is 0.118. The van der Waals surface area contributed by atoms with Crippen molar-refractivity contribution in [3.63, 3.8) is 0 Å². The number of nitrogens with zero attached hydrogens (tertiary/aromatic N) is 2. The molecular formula is C17H14N4O2. The van der Waals surface area contributed by atoms with E-state index < -0.39 is 0 Å². The van der Waals surface area contributed by atoms with Gasteiger partial charge in [-0.3, -0.25) is 4.79 Å². The van der Waals surface area contributed by atoms with Crippen LogP contribution in [0.1, 0.15) is 10.4 Å². The minimum absolute atomic E-state index is 0.125. The summed E-state index contributed by atoms with van der Waals surface area (Å²) in [7, 11) is 0. The Hall–Kier alpha value is -3.15. The molecule has 0 fully saturated rings. The summed E-state index contributed by atoms with van der Waals surface area (Å²) in [4.78, 5) is 20.5. The fourth-order valence-electron chi connectivity index (χ4n) is 2.74. The summed E-state index contributed by atoms with van der Waals surface area (Å²) < 4.78 is 5.59. The number of nitrogens with two attached hydrogens (primary N) is 1. The number of ether oxygens (including phenoxy) is 1. The van der Waals surface area contributed by atoms with E-state index in [1.807, 2.05) is 36.4 Å². The fourth-order valence-corrected chi connectivity index (χ4v) is 2.74. The van der Waals surface area contributed by atoms with Crippen molar-refractivity contribution < 1.29 is 9.53 Å². The monoisotopic (exact) mass is 306 g/mol. The predicted octanol–water partition coefficient (Wildman–Crippen LogP) is 2.00. The molecule has 3 N–H and O–H groups in total. The Labute approximate surface area is 132 Å². The van der Waals surface area contributed by atoms with Crippen LogP contribution in [0, 0.1) is 0 Å². The summed E-state index contributed by atoms with van der Waals surface area (Å²) in [6.07, 6.45) is 1.70. The summed E-state index contributed by atoms with van der Waals surface area (Å²) in [6.45, 7) is 0.976. The van der Waals surface area contributed by atoms with Crippen molar-refractivity contribution in [2.75, 3.05) is 18.9 Å². The van der Waals surface area contributed by atoms with Gasteiger partial charge in [-0.05, 0) is 29.3 Å². The van der Waals surface area contributed by atoms with Crippen LogP contribution in [-0.4, -0.2) is 29.0 Å². The number of hydrogen-bond acceptors (Lipinski definition) is 5. The molecule has 4 rings (SSSR count). The molecule has 1 amide bonds. The molecule has 6 heteroatoms. The molecule has 23 heavy (non-hydrogen) atoms. The number of hydrogen-bond donors (Lipinski definition) is 2. The second-order valence-corrected chi connectivity index (χ2v) is 5.28. The van der Waals surface area contributed by atoms with Gasteiger partial charge in [0, 0.05) is 11.6 Å². The first-order chi connectivity index (χ1) is 11.2. The van der Waals surface area contributed by atoms with Gasteiger partial charge in [-0.1, -0.05) is 18.2 Å². The van der Waals surface area contributed by atoms with Crippen LogP contribution in [0.5, 0.6) is 5.75 Å². The molecule has 0 unspecified atom stereocenters. The molecule has 2 heterocycles. The maximum absolute atomic E-state index is 12.2. The number of anilines is 1. The lowest BCUT2D eigenvalue weighted by Gasteiger charge is -2.10. The van der Waals surface area contributed by atoms with Crippen LogP contribution in [0.15, 0.2) is 42.6 Å². The molecule has 3 aromatic rings. The van der Waals surface area contributed by atoms with Crippen molar-refractivity contribution in [1.29, 1.82) is 0 Å². The zero-order valence-electron chi connectivity index (χ0n) is 12.2. The Morgan fingerprint density at radius 2 is 2.09 bits per heavy atom. The predicted molar refractivity (Wildman–Crippen MR) is 87.2 cm³/mol. The van der Waals surface area contributed by atoms with E-state index in [2.05, 4.69) is 15.3 Å². The quantitative estimate of drug-likeness (QED) is 0.717. The molecule has 0 radical (unpaired) electrons. The van der Waals surface area contributed by atoms with Crippen LogP contribution >= 0.6 is 0 Å². The molecule has 0 saturated heterocycles. The number of nitrogens with one attached hydrogen (secondary N) is 1. The highest BCUT2D eigenvalue weighted by Gasteiger charge is 2.17. The van der Waals surface area contributed by atoms with Gasteiger partial charge in [0.25, 0.3) is 5.91 Å². The number of benzene rings is 2. The lowest BCUT2D eigenvalue weighted by molar-refractivity contribution is 0.0957. The SMILES string of the molecule is Nc1ncc2c(-c3ccc4c(c3)C(=O)NCCO4)cccc2n1. The normalized spacial score (nSPS) is 13.8. The van der Waals surface area contributed by atoms with Crippen LogP contribution in [0.4, 0.5) is 5.95 Å². The van der Waals surface area contributed by atoms with E-state index in [4.69, 9.17) is 10.5 Å². The van der Waals surface area contributed by atoms with E-state index in [1.165, 1.54) is 0 Å². The van der Waals surface area contributed by atoms with Gasteiger partial charge >= 0.3 is 0 Å². The van der Waals surface area contributed by atoms with Crippen molar-refractivity contribution in [2.24, 2.45) is 0 Å². The van der Waals surface area contributed by atoms with Crippen LogP contribution in [0.25, 0.3) is 22.0 Å². The minimum atomic E-state index is -0.125. The molecule has 6 nitrogen and oxygen atoms in total. The van der Waals surface area contributed by atoms with E-state index in [9.17, 15) is 4.79 Å². The average Bonchev–Trinajstić information content (AvgIpc) is 2.75. The second kappa shape index (κ2) is 5.24. The molecule has 114 valence electrons. The van der Waals surface area contributed by atoms with Crippen molar-refractivity contribution in [3.8, 4) is 16.9 Å². The molecule has 2 aromatic carbocycles. The molecule has 0 aliphatic carbocycles. The topological polar surface area (TPSA) is 90.1 Å². The molecule has 0 saturated carbocycles. The van der Waals surface area contributed by atoms with Crippen molar-refractivity contribution in [3.05, 3.63) is 48.2 Å². The molecule has 1 aliphatic rings. The summed E-state index contributed by atoms with van der Waals surface area (Å²) in [5.41, 5.74) is 8.80. The van der Waals surface area contributed by atoms with Gasteiger partial charge in [0.2, 0.25) is 5.95 Å². The lowest BCUT2D eigenvalue weighted by atomic mass is 9.99. The molecule has 0 bridgehead atoms. The number of fused-ring (bicyclic) bond motifs is 2. The Morgan fingerprint density at radius 3 is 3.00 bits per heavy atom. The van der Waals surface area contributed by atoms with Crippen molar-refractivity contribution in [1.82, 2.24) is 15.3 Å². The number of amides is 1. The number of nitrogen functional groups attached to an aromatic ring is 1. The maximum atomic E-state index is 12.2. The van der Waals surface area contributed by atoms with E-state index in [0.717, 1.165) is 22.0 Å².